The maximum atomic E-state index is 12.2. The summed E-state index contributed by atoms with van der Waals surface area (Å²) in [6.45, 7) is 3.62. The Balaban J connectivity index is 3.49. The van der Waals surface area contributed by atoms with Crippen LogP contribution in [0, 0.1) is 0 Å². The summed E-state index contributed by atoms with van der Waals surface area (Å²) in [6.07, 6.45) is 57.3. The van der Waals surface area contributed by atoms with Crippen LogP contribution >= 0.6 is 7.82 Å². The number of unbranched alkanes of at least 4 members (excludes halogenated alkanes) is 38. The molecule has 0 rings (SSSR count). The summed E-state index contributed by atoms with van der Waals surface area (Å²) in [7, 11) is -4.42. The number of nitrogens with one attached hydrogen (secondary N) is 1. The fraction of sp³-hybridized carbons (Fsp3) is 0.926. The zero-order valence-corrected chi connectivity index (χ0v) is 43.2. The summed E-state index contributed by atoms with van der Waals surface area (Å²) in [6, 6.07) is 0. The molecule has 0 radical (unpaired) electrons. The monoisotopic (exact) mass is 928 g/mol. The average molecular weight is 928 g/mol. The number of rotatable bonds is 53. The van der Waals surface area contributed by atoms with Gasteiger partial charge in [0.1, 0.15) is 12.7 Å². The van der Waals surface area contributed by atoms with Crippen LogP contribution in [0.15, 0.2) is 12.2 Å². The Morgan fingerprint density at radius 3 is 1.17 bits per heavy atom. The minimum Gasteiger partial charge on any atom is -0.463 e. The predicted octanol–water partition coefficient (Wildman–Crippen LogP) is 16.5. The molecule has 2 unspecified atom stereocenters. The van der Waals surface area contributed by atoms with E-state index in [1.165, 1.54) is 225 Å². The SMILES string of the molecule is CCCCCCCC/C=C/CCCCCCCCCCCCCC(=O)OCC(O)COP(=O)(O)OCCNC(=O)CCCCCCCCCCCCCCCCCCCCCCCC. The Kier molecular flexibility index (Phi) is 50.1. The number of carbonyl (C=O) groups is 2. The first kappa shape index (κ1) is 62.8. The molecular formula is C54H106NO8P. The standard InChI is InChI=1S/C54H106NO8P/c1-3-5-7-9-11-13-15-17-19-21-23-25-27-28-30-32-34-36-38-40-42-44-46-53(57)55-48-49-62-64(59,60)63-51-52(56)50-61-54(58)47-45-43-41-39-37-35-33-31-29-26-24-22-20-18-16-14-12-10-8-6-4-2/h18,20,52,56H,3-17,19,21-51H2,1-2H3,(H,55,57)(H,59,60)/b20-18+. The molecule has 0 saturated heterocycles. The molecule has 3 N–H and O–H groups in total. The number of aliphatic hydroxyl groups is 1. The molecule has 0 aliphatic rings. The second-order valence-corrected chi connectivity index (χ2v) is 20.4. The largest absolute Gasteiger partial charge is 0.472 e. The van der Waals surface area contributed by atoms with Gasteiger partial charge in [0.25, 0.3) is 0 Å². The van der Waals surface area contributed by atoms with Crippen molar-refractivity contribution in [2.24, 2.45) is 0 Å². The second kappa shape index (κ2) is 51.1. The quantitative estimate of drug-likeness (QED) is 0.0238. The maximum absolute atomic E-state index is 12.2. The third kappa shape index (κ3) is 51.7. The molecule has 1 amide bonds. The van der Waals surface area contributed by atoms with E-state index in [4.69, 9.17) is 13.8 Å². The van der Waals surface area contributed by atoms with Gasteiger partial charge < -0.3 is 20.1 Å². The van der Waals surface area contributed by atoms with E-state index in [1.54, 1.807) is 0 Å². The highest BCUT2D eigenvalue weighted by molar-refractivity contribution is 7.47. The molecule has 0 saturated carbocycles. The van der Waals surface area contributed by atoms with Crippen LogP contribution in [0.4, 0.5) is 0 Å². The molecule has 0 aromatic rings. The van der Waals surface area contributed by atoms with Crippen LogP contribution in [0.3, 0.4) is 0 Å². The molecule has 0 bridgehead atoms. The van der Waals surface area contributed by atoms with Gasteiger partial charge in [-0.05, 0) is 38.5 Å². The van der Waals surface area contributed by atoms with Crippen molar-refractivity contribution in [2.75, 3.05) is 26.4 Å². The van der Waals surface area contributed by atoms with Crippen molar-refractivity contribution in [2.45, 2.75) is 296 Å². The number of hydrogen-bond donors (Lipinski definition) is 3. The van der Waals surface area contributed by atoms with Crippen molar-refractivity contribution < 1.29 is 37.9 Å². The van der Waals surface area contributed by atoms with Gasteiger partial charge in [-0.1, -0.05) is 251 Å². The lowest BCUT2D eigenvalue weighted by Crippen LogP contribution is -2.27. The number of ether oxygens (including phenoxy) is 1. The molecule has 0 aromatic heterocycles. The molecule has 2 atom stereocenters. The third-order valence-corrected chi connectivity index (χ3v) is 13.4. The van der Waals surface area contributed by atoms with E-state index < -0.39 is 26.5 Å². The molecular weight excluding hydrogens is 822 g/mol. The van der Waals surface area contributed by atoms with E-state index in [-0.39, 0.29) is 32.1 Å². The van der Waals surface area contributed by atoms with E-state index in [0.29, 0.717) is 6.42 Å². The molecule has 64 heavy (non-hydrogen) atoms. The van der Waals surface area contributed by atoms with Gasteiger partial charge in [0.2, 0.25) is 5.91 Å². The summed E-state index contributed by atoms with van der Waals surface area (Å²) in [5, 5.41) is 12.8. The van der Waals surface area contributed by atoms with Crippen molar-refractivity contribution in [1.29, 1.82) is 0 Å². The Morgan fingerprint density at radius 2 is 0.797 bits per heavy atom. The van der Waals surface area contributed by atoms with Crippen molar-refractivity contribution >= 4 is 19.7 Å². The Hall–Kier alpha value is -1.25. The molecule has 10 heteroatoms. The Labute approximate surface area is 396 Å². The van der Waals surface area contributed by atoms with E-state index in [0.717, 1.165) is 38.5 Å². The van der Waals surface area contributed by atoms with Crippen LogP contribution in [-0.2, 0) is 27.9 Å². The lowest BCUT2D eigenvalue weighted by molar-refractivity contribution is -0.147. The summed E-state index contributed by atoms with van der Waals surface area (Å²) < 4.78 is 27.0. The first-order chi connectivity index (χ1) is 31.3. The summed E-state index contributed by atoms with van der Waals surface area (Å²) in [4.78, 5) is 34.1. The van der Waals surface area contributed by atoms with Gasteiger partial charge in [0.05, 0.1) is 13.2 Å². The first-order valence-corrected chi connectivity index (χ1v) is 29.2. The number of esters is 1. The fourth-order valence-corrected chi connectivity index (χ4v) is 9.02. The molecule has 0 heterocycles. The summed E-state index contributed by atoms with van der Waals surface area (Å²) in [5.41, 5.74) is 0. The fourth-order valence-electron chi connectivity index (χ4n) is 8.26. The normalized spacial score (nSPS) is 13.1. The lowest BCUT2D eigenvalue weighted by atomic mass is 10.0. The molecule has 0 aliphatic heterocycles. The number of amides is 1. The van der Waals surface area contributed by atoms with Crippen LogP contribution in [-0.4, -0.2) is 54.3 Å². The first-order valence-electron chi connectivity index (χ1n) is 27.7. The van der Waals surface area contributed by atoms with E-state index in [2.05, 4.69) is 31.3 Å². The number of phosphoric acid groups is 1. The number of aliphatic hydroxyl groups excluding tert-OH is 1. The van der Waals surface area contributed by atoms with Gasteiger partial charge in [0.15, 0.2) is 0 Å². The smallest absolute Gasteiger partial charge is 0.463 e. The van der Waals surface area contributed by atoms with Crippen molar-refractivity contribution in [3.8, 4) is 0 Å². The van der Waals surface area contributed by atoms with E-state index >= 15 is 0 Å². The molecule has 0 spiro atoms. The van der Waals surface area contributed by atoms with Crippen molar-refractivity contribution in [1.82, 2.24) is 5.32 Å². The third-order valence-electron chi connectivity index (χ3n) is 12.4. The number of phosphoric ester groups is 1. The van der Waals surface area contributed by atoms with E-state index in [1.807, 2.05) is 0 Å². The minimum atomic E-state index is -4.42. The molecule has 0 aromatic carbocycles. The van der Waals surface area contributed by atoms with Gasteiger partial charge in [-0.3, -0.25) is 18.6 Å². The zero-order valence-electron chi connectivity index (χ0n) is 42.3. The van der Waals surface area contributed by atoms with Crippen LogP contribution < -0.4 is 5.32 Å². The van der Waals surface area contributed by atoms with Crippen LogP contribution in [0.25, 0.3) is 0 Å². The van der Waals surface area contributed by atoms with Gasteiger partial charge in [-0.25, -0.2) is 4.57 Å². The molecule has 0 aliphatic carbocycles. The summed E-state index contributed by atoms with van der Waals surface area (Å²) >= 11 is 0. The zero-order chi connectivity index (χ0) is 46.7. The maximum Gasteiger partial charge on any atom is 0.472 e. The predicted molar refractivity (Wildman–Crippen MR) is 271 cm³/mol. The van der Waals surface area contributed by atoms with Crippen LogP contribution in [0.5, 0.6) is 0 Å². The average Bonchev–Trinajstić information content (AvgIpc) is 3.28. The van der Waals surface area contributed by atoms with Gasteiger partial charge in [-0.2, -0.15) is 0 Å². The molecule has 380 valence electrons. The van der Waals surface area contributed by atoms with Crippen LogP contribution in [0.2, 0.25) is 0 Å². The second-order valence-electron chi connectivity index (χ2n) is 18.9. The molecule has 9 nitrogen and oxygen atoms in total. The highest BCUT2D eigenvalue weighted by atomic mass is 31.2. The van der Waals surface area contributed by atoms with E-state index in [9.17, 15) is 24.2 Å². The highest BCUT2D eigenvalue weighted by Gasteiger charge is 2.23. The minimum absolute atomic E-state index is 0.0874. The lowest BCUT2D eigenvalue weighted by Gasteiger charge is -2.15. The number of hydrogen-bond acceptors (Lipinski definition) is 7. The van der Waals surface area contributed by atoms with Crippen LogP contribution in [0.1, 0.15) is 290 Å². The Morgan fingerprint density at radius 1 is 0.469 bits per heavy atom. The summed E-state index contributed by atoms with van der Waals surface area (Å²) in [5.74, 6) is -0.501. The topological polar surface area (TPSA) is 131 Å². The number of carbonyl (C=O) groups excluding carboxylic acids is 2. The van der Waals surface area contributed by atoms with Gasteiger partial charge >= 0.3 is 13.8 Å². The van der Waals surface area contributed by atoms with Gasteiger partial charge in [-0.15, -0.1) is 0 Å². The molecule has 0 fully saturated rings. The van der Waals surface area contributed by atoms with Crippen molar-refractivity contribution in [3.63, 3.8) is 0 Å². The number of allylic oxidation sites excluding steroid dienone is 2. The van der Waals surface area contributed by atoms with Crippen molar-refractivity contribution in [3.05, 3.63) is 12.2 Å². The van der Waals surface area contributed by atoms with Gasteiger partial charge in [0, 0.05) is 19.4 Å². The highest BCUT2D eigenvalue weighted by Crippen LogP contribution is 2.42. The Bertz CT molecular complexity index is 1060.